The molecule has 5 nitrogen and oxygen atoms in total. The molecule has 1 aliphatic heterocycles. The molecule has 0 aliphatic carbocycles. The van der Waals surface area contributed by atoms with Crippen LogP contribution in [0.2, 0.25) is 0 Å². The lowest BCUT2D eigenvalue weighted by Crippen LogP contribution is -2.35. The van der Waals surface area contributed by atoms with Crippen LogP contribution in [-0.2, 0) is 13.0 Å². The Bertz CT molecular complexity index is 660. The summed E-state index contributed by atoms with van der Waals surface area (Å²) in [5, 5.41) is 0. The van der Waals surface area contributed by atoms with E-state index in [1.54, 1.807) is 0 Å². The van der Waals surface area contributed by atoms with Crippen LogP contribution in [0.25, 0.3) is 0 Å². The van der Waals surface area contributed by atoms with E-state index in [4.69, 9.17) is 4.74 Å². The maximum atomic E-state index is 6.12. The Labute approximate surface area is 137 Å². The van der Waals surface area contributed by atoms with E-state index in [0.717, 1.165) is 17.7 Å². The molecule has 2 aromatic carbocycles. The molecule has 0 amide bonds. The van der Waals surface area contributed by atoms with Crippen molar-refractivity contribution in [3.63, 3.8) is 0 Å². The van der Waals surface area contributed by atoms with Crippen LogP contribution in [0.1, 0.15) is 27.8 Å². The van der Waals surface area contributed by atoms with Crippen LogP contribution in [0, 0.1) is 20.8 Å². The Morgan fingerprint density at radius 3 is 2.30 bits per heavy atom. The van der Waals surface area contributed by atoms with E-state index in [2.05, 4.69) is 79.1 Å². The van der Waals surface area contributed by atoms with Gasteiger partial charge < -0.3 is 4.74 Å². The molecule has 2 aromatic rings. The maximum absolute atomic E-state index is 6.12. The van der Waals surface area contributed by atoms with E-state index >= 15 is 0 Å². The Hall–Kier alpha value is -1.92. The van der Waals surface area contributed by atoms with Gasteiger partial charge in [-0.3, -0.25) is 0 Å². The molecule has 0 saturated carbocycles. The zero-order valence-electron chi connectivity index (χ0n) is 13.9. The van der Waals surface area contributed by atoms with Gasteiger partial charge >= 0.3 is 0 Å². The van der Waals surface area contributed by atoms with E-state index in [9.17, 15) is 0 Å². The van der Waals surface area contributed by atoms with Crippen LogP contribution in [-0.4, -0.2) is 6.17 Å². The lowest BCUT2D eigenvalue weighted by molar-refractivity contribution is 0.302. The van der Waals surface area contributed by atoms with Crippen molar-refractivity contribution in [3.8, 4) is 5.75 Å². The Morgan fingerprint density at radius 2 is 1.61 bits per heavy atom. The fourth-order valence-corrected chi connectivity index (χ4v) is 2.77. The van der Waals surface area contributed by atoms with Gasteiger partial charge in [0.25, 0.3) is 0 Å². The number of ether oxygens (including phenoxy) is 1. The molecule has 0 unspecified atom stereocenters. The molecule has 5 heteroatoms. The molecule has 4 N–H and O–H groups in total. The Kier molecular flexibility index (Phi) is 4.93. The van der Waals surface area contributed by atoms with Gasteiger partial charge in [0.15, 0.2) is 0 Å². The van der Waals surface area contributed by atoms with Gasteiger partial charge in [0, 0.05) is 6.42 Å². The predicted octanol–water partition coefficient (Wildman–Crippen LogP) is 2.18. The second-order valence-corrected chi connectivity index (χ2v) is 6.05. The van der Waals surface area contributed by atoms with Crippen LogP contribution >= 0.6 is 0 Å². The molecule has 0 radical (unpaired) electrons. The van der Waals surface area contributed by atoms with Gasteiger partial charge in [-0.2, -0.15) is 11.1 Å². The summed E-state index contributed by atoms with van der Waals surface area (Å²) in [5.41, 5.74) is 18.1. The SMILES string of the molecule is Cc1ccc(CC2NNNN2)cc1OCc1c(C)cccc1C. The summed E-state index contributed by atoms with van der Waals surface area (Å²) in [4.78, 5) is 0. The van der Waals surface area contributed by atoms with Crippen LogP contribution in [0.15, 0.2) is 36.4 Å². The average Bonchev–Trinajstić information content (AvgIpc) is 3.02. The van der Waals surface area contributed by atoms with E-state index in [1.165, 1.54) is 22.3 Å². The quantitative estimate of drug-likeness (QED) is 0.682. The molecule has 1 saturated heterocycles. The zero-order valence-corrected chi connectivity index (χ0v) is 13.9. The predicted molar refractivity (Wildman–Crippen MR) is 91.5 cm³/mol. The van der Waals surface area contributed by atoms with Crippen molar-refractivity contribution in [3.05, 3.63) is 64.2 Å². The molecule has 1 aliphatic rings. The molecule has 0 aromatic heterocycles. The van der Waals surface area contributed by atoms with Gasteiger partial charge in [-0.25, -0.2) is 10.9 Å². The van der Waals surface area contributed by atoms with Crippen molar-refractivity contribution >= 4 is 0 Å². The largest absolute Gasteiger partial charge is 0.489 e. The summed E-state index contributed by atoms with van der Waals surface area (Å²) in [5.74, 6) is 0.948. The highest BCUT2D eigenvalue weighted by Gasteiger charge is 2.14. The van der Waals surface area contributed by atoms with Crippen molar-refractivity contribution in [2.75, 3.05) is 0 Å². The second-order valence-electron chi connectivity index (χ2n) is 6.05. The first-order valence-corrected chi connectivity index (χ1v) is 7.92. The number of hydrazine groups is 3. The maximum Gasteiger partial charge on any atom is 0.122 e. The highest BCUT2D eigenvalue weighted by molar-refractivity contribution is 5.38. The zero-order chi connectivity index (χ0) is 16.2. The number of hydrogen-bond donors (Lipinski definition) is 4. The van der Waals surface area contributed by atoms with Gasteiger partial charge in [-0.1, -0.05) is 30.3 Å². The average molecular weight is 312 g/mol. The van der Waals surface area contributed by atoms with Crippen LogP contribution in [0.5, 0.6) is 5.75 Å². The first-order valence-electron chi connectivity index (χ1n) is 7.92. The smallest absolute Gasteiger partial charge is 0.122 e. The van der Waals surface area contributed by atoms with Crippen LogP contribution < -0.4 is 26.7 Å². The van der Waals surface area contributed by atoms with Crippen molar-refractivity contribution in [2.24, 2.45) is 0 Å². The summed E-state index contributed by atoms with van der Waals surface area (Å²) in [6, 6.07) is 12.7. The number of nitrogens with one attached hydrogen (secondary N) is 4. The van der Waals surface area contributed by atoms with Crippen molar-refractivity contribution in [2.45, 2.75) is 40.0 Å². The molecule has 1 fully saturated rings. The highest BCUT2D eigenvalue weighted by atomic mass is 16.5. The van der Waals surface area contributed by atoms with Crippen LogP contribution in [0.4, 0.5) is 0 Å². The highest BCUT2D eigenvalue weighted by Crippen LogP contribution is 2.23. The van der Waals surface area contributed by atoms with E-state index in [-0.39, 0.29) is 6.17 Å². The third-order valence-corrected chi connectivity index (χ3v) is 4.26. The second kappa shape index (κ2) is 7.10. The normalized spacial score (nSPS) is 15.1. The molecular formula is C18H24N4O. The van der Waals surface area contributed by atoms with Crippen LogP contribution in [0.3, 0.4) is 0 Å². The third kappa shape index (κ3) is 3.89. The van der Waals surface area contributed by atoms with E-state index < -0.39 is 0 Å². The summed E-state index contributed by atoms with van der Waals surface area (Å²) in [6.07, 6.45) is 1.02. The molecule has 0 atom stereocenters. The lowest BCUT2D eigenvalue weighted by Gasteiger charge is -2.15. The summed E-state index contributed by atoms with van der Waals surface area (Å²) < 4.78 is 6.12. The van der Waals surface area contributed by atoms with Crippen molar-refractivity contribution < 1.29 is 4.74 Å². The number of rotatable bonds is 5. The van der Waals surface area contributed by atoms with E-state index in [0.29, 0.717) is 6.61 Å². The molecule has 23 heavy (non-hydrogen) atoms. The summed E-state index contributed by atoms with van der Waals surface area (Å²) >= 11 is 0. The Morgan fingerprint density at radius 1 is 0.913 bits per heavy atom. The Balaban J connectivity index is 1.71. The minimum absolute atomic E-state index is 0.157. The number of hydrogen-bond acceptors (Lipinski definition) is 5. The van der Waals surface area contributed by atoms with Gasteiger partial charge in [-0.15, -0.1) is 0 Å². The number of benzene rings is 2. The number of aryl methyl sites for hydroxylation is 3. The first kappa shape index (κ1) is 16.0. The molecule has 0 bridgehead atoms. The van der Waals surface area contributed by atoms with Gasteiger partial charge in [0.05, 0.1) is 6.17 Å². The van der Waals surface area contributed by atoms with Gasteiger partial charge in [0.2, 0.25) is 0 Å². The fraction of sp³-hybridized carbons (Fsp3) is 0.333. The fourth-order valence-electron chi connectivity index (χ4n) is 2.77. The summed E-state index contributed by atoms with van der Waals surface area (Å²) in [7, 11) is 0. The standard InChI is InChI=1S/C18H24N4O/c1-12-5-4-6-13(2)16(12)11-23-17-9-15(8-7-14(17)3)10-18-19-21-22-20-18/h4-9,18-22H,10-11H2,1-3H3. The molecule has 0 spiro atoms. The molecular weight excluding hydrogens is 288 g/mol. The molecule has 122 valence electrons. The third-order valence-electron chi connectivity index (χ3n) is 4.26. The minimum Gasteiger partial charge on any atom is -0.489 e. The minimum atomic E-state index is 0.157. The lowest BCUT2D eigenvalue weighted by atomic mass is 10.0. The first-order chi connectivity index (χ1) is 11.1. The van der Waals surface area contributed by atoms with Crippen molar-refractivity contribution in [1.29, 1.82) is 0 Å². The monoisotopic (exact) mass is 312 g/mol. The molecule has 3 rings (SSSR count). The van der Waals surface area contributed by atoms with Gasteiger partial charge in [-0.05, 0) is 54.7 Å². The molecule has 1 heterocycles. The van der Waals surface area contributed by atoms with E-state index in [1.807, 2.05) is 0 Å². The van der Waals surface area contributed by atoms with Gasteiger partial charge in [0.1, 0.15) is 12.4 Å². The van der Waals surface area contributed by atoms with Crippen molar-refractivity contribution in [1.82, 2.24) is 21.9 Å². The summed E-state index contributed by atoms with van der Waals surface area (Å²) in [6.45, 7) is 6.95. The topological polar surface area (TPSA) is 57.3 Å².